The SMILES string of the molecule is CC(=O)c1cccc(N2Cc3ccccc3C2=NC(=O)C2CC2C)c1. The van der Waals surface area contributed by atoms with E-state index in [0.717, 1.165) is 23.2 Å². The van der Waals surface area contributed by atoms with E-state index in [0.29, 0.717) is 23.9 Å². The maximum Gasteiger partial charge on any atom is 0.251 e. The summed E-state index contributed by atoms with van der Waals surface area (Å²) in [6.45, 7) is 4.30. The maximum atomic E-state index is 12.5. The number of benzene rings is 2. The number of fused-ring (bicyclic) bond motifs is 1. The number of Topliss-reactive ketones (excluding diaryl/α,β-unsaturated/α-hetero) is 1. The monoisotopic (exact) mass is 332 g/mol. The van der Waals surface area contributed by atoms with E-state index < -0.39 is 0 Å². The Morgan fingerprint density at radius 1 is 1.12 bits per heavy atom. The summed E-state index contributed by atoms with van der Waals surface area (Å²) in [6.07, 6.45) is 0.928. The summed E-state index contributed by atoms with van der Waals surface area (Å²) in [4.78, 5) is 30.7. The van der Waals surface area contributed by atoms with Crippen molar-refractivity contribution in [3.8, 4) is 0 Å². The summed E-state index contributed by atoms with van der Waals surface area (Å²) in [5, 5.41) is 0. The molecule has 4 rings (SSSR count). The highest BCUT2D eigenvalue weighted by atomic mass is 16.1. The van der Waals surface area contributed by atoms with E-state index in [1.165, 1.54) is 0 Å². The normalized spacial score (nSPS) is 22.8. The van der Waals surface area contributed by atoms with Crippen molar-refractivity contribution in [2.45, 2.75) is 26.8 Å². The molecule has 0 bridgehead atoms. The number of rotatable bonds is 3. The van der Waals surface area contributed by atoms with Crippen molar-refractivity contribution in [1.82, 2.24) is 0 Å². The second-order valence-corrected chi connectivity index (χ2v) is 6.94. The highest BCUT2D eigenvalue weighted by molar-refractivity contribution is 6.17. The van der Waals surface area contributed by atoms with Crippen LogP contribution in [-0.2, 0) is 11.3 Å². The van der Waals surface area contributed by atoms with Gasteiger partial charge in [0.15, 0.2) is 5.78 Å². The molecule has 126 valence electrons. The van der Waals surface area contributed by atoms with Gasteiger partial charge in [0.25, 0.3) is 5.91 Å². The van der Waals surface area contributed by atoms with Gasteiger partial charge < -0.3 is 4.90 Å². The minimum Gasteiger partial charge on any atom is -0.321 e. The molecule has 2 atom stereocenters. The fourth-order valence-electron chi connectivity index (χ4n) is 3.35. The zero-order valence-corrected chi connectivity index (χ0v) is 14.4. The molecule has 1 heterocycles. The Morgan fingerprint density at radius 2 is 1.88 bits per heavy atom. The minimum atomic E-state index is -0.0353. The van der Waals surface area contributed by atoms with Gasteiger partial charge in [-0.2, -0.15) is 4.99 Å². The lowest BCUT2D eigenvalue weighted by molar-refractivity contribution is -0.119. The molecule has 0 spiro atoms. The molecule has 0 radical (unpaired) electrons. The van der Waals surface area contributed by atoms with Gasteiger partial charge >= 0.3 is 0 Å². The number of amides is 1. The summed E-state index contributed by atoms with van der Waals surface area (Å²) < 4.78 is 0. The van der Waals surface area contributed by atoms with Crippen molar-refractivity contribution < 1.29 is 9.59 Å². The second-order valence-electron chi connectivity index (χ2n) is 6.94. The van der Waals surface area contributed by atoms with Crippen LogP contribution in [-0.4, -0.2) is 17.5 Å². The molecule has 2 aliphatic rings. The number of aliphatic imine (C=N–C) groups is 1. The van der Waals surface area contributed by atoms with Crippen molar-refractivity contribution in [2.24, 2.45) is 16.8 Å². The van der Waals surface area contributed by atoms with E-state index in [2.05, 4.69) is 18.0 Å². The molecule has 1 amide bonds. The second kappa shape index (κ2) is 5.96. The van der Waals surface area contributed by atoms with Crippen LogP contribution in [0.3, 0.4) is 0 Å². The number of nitrogens with zero attached hydrogens (tertiary/aromatic N) is 2. The summed E-state index contributed by atoms with van der Waals surface area (Å²) in [7, 11) is 0. The van der Waals surface area contributed by atoms with Crippen LogP contribution in [0.15, 0.2) is 53.5 Å². The van der Waals surface area contributed by atoms with Gasteiger partial charge in [0.05, 0.1) is 6.54 Å². The van der Waals surface area contributed by atoms with Crippen LogP contribution < -0.4 is 4.90 Å². The lowest BCUT2D eigenvalue weighted by Crippen LogP contribution is -2.25. The molecule has 1 aliphatic heterocycles. The Kier molecular flexibility index (Phi) is 3.75. The molecule has 2 unspecified atom stereocenters. The van der Waals surface area contributed by atoms with Crippen molar-refractivity contribution in [3.63, 3.8) is 0 Å². The van der Waals surface area contributed by atoms with Crippen LogP contribution in [0.2, 0.25) is 0 Å². The van der Waals surface area contributed by atoms with Gasteiger partial charge in [0.2, 0.25) is 0 Å². The Bertz CT molecular complexity index is 900. The molecule has 2 aromatic rings. The lowest BCUT2D eigenvalue weighted by atomic mass is 10.1. The van der Waals surface area contributed by atoms with E-state index in [9.17, 15) is 9.59 Å². The summed E-state index contributed by atoms with van der Waals surface area (Å²) in [5.74, 6) is 1.18. The Hall–Kier alpha value is -2.75. The molecular weight excluding hydrogens is 312 g/mol. The highest BCUT2D eigenvalue weighted by Crippen LogP contribution is 2.39. The zero-order chi connectivity index (χ0) is 17.6. The predicted molar refractivity (Wildman–Crippen MR) is 97.9 cm³/mol. The third kappa shape index (κ3) is 2.88. The number of amidine groups is 1. The molecule has 0 saturated heterocycles. The zero-order valence-electron chi connectivity index (χ0n) is 14.4. The Balaban J connectivity index is 1.76. The quantitative estimate of drug-likeness (QED) is 0.803. The Morgan fingerprint density at radius 3 is 2.60 bits per heavy atom. The molecule has 25 heavy (non-hydrogen) atoms. The molecular formula is C21H20N2O2. The average molecular weight is 332 g/mol. The first-order valence-electron chi connectivity index (χ1n) is 8.64. The van der Waals surface area contributed by atoms with Crippen molar-refractivity contribution in [2.75, 3.05) is 4.90 Å². The van der Waals surface area contributed by atoms with Gasteiger partial charge in [-0.1, -0.05) is 43.3 Å². The van der Waals surface area contributed by atoms with Gasteiger partial charge in [0, 0.05) is 22.7 Å². The third-order valence-electron chi connectivity index (χ3n) is 5.05. The Labute approximate surface area is 147 Å². The van der Waals surface area contributed by atoms with E-state index in [1.54, 1.807) is 6.92 Å². The van der Waals surface area contributed by atoms with Crippen LogP contribution >= 0.6 is 0 Å². The van der Waals surface area contributed by atoms with Gasteiger partial charge in [-0.05, 0) is 37.0 Å². The first kappa shape index (κ1) is 15.8. The third-order valence-corrected chi connectivity index (χ3v) is 5.05. The predicted octanol–water partition coefficient (Wildman–Crippen LogP) is 3.84. The molecule has 0 N–H and O–H groups in total. The highest BCUT2D eigenvalue weighted by Gasteiger charge is 2.40. The van der Waals surface area contributed by atoms with E-state index in [-0.39, 0.29) is 17.6 Å². The maximum absolute atomic E-state index is 12.5. The van der Waals surface area contributed by atoms with Crippen LogP contribution in [0, 0.1) is 11.8 Å². The van der Waals surface area contributed by atoms with Gasteiger partial charge in [-0.15, -0.1) is 0 Å². The number of carbonyl (C=O) groups is 2. The summed E-state index contributed by atoms with van der Waals surface area (Å²) in [6, 6.07) is 15.5. The van der Waals surface area contributed by atoms with Crippen LogP contribution in [0.5, 0.6) is 0 Å². The molecule has 4 heteroatoms. The van der Waals surface area contributed by atoms with E-state index >= 15 is 0 Å². The van der Waals surface area contributed by atoms with Gasteiger partial charge in [-0.25, -0.2) is 0 Å². The van der Waals surface area contributed by atoms with E-state index in [4.69, 9.17) is 0 Å². The van der Waals surface area contributed by atoms with Crippen molar-refractivity contribution in [1.29, 1.82) is 0 Å². The van der Waals surface area contributed by atoms with Gasteiger partial charge in [-0.3, -0.25) is 9.59 Å². The summed E-state index contributed by atoms with van der Waals surface area (Å²) >= 11 is 0. The van der Waals surface area contributed by atoms with Crippen molar-refractivity contribution >= 4 is 23.2 Å². The average Bonchev–Trinajstić information content (AvgIpc) is 3.24. The smallest absolute Gasteiger partial charge is 0.251 e. The van der Waals surface area contributed by atoms with Crippen LogP contribution in [0.4, 0.5) is 5.69 Å². The molecule has 1 aliphatic carbocycles. The molecule has 1 saturated carbocycles. The first-order chi connectivity index (χ1) is 12.0. The van der Waals surface area contributed by atoms with Crippen LogP contribution in [0.1, 0.15) is 41.8 Å². The number of carbonyl (C=O) groups excluding carboxylic acids is 2. The number of hydrogen-bond acceptors (Lipinski definition) is 2. The molecule has 1 fully saturated rings. The number of anilines is 1. The van der Waals surface area contributed by atoms with Gasteiger partial charge in [0.1, 0.15) is 5.84 Å². The van der Waals surface area contributed by atoms with E-state index in [1.807, 2.05) is 47.4 Å². The topological polar surface area (TPSA) is 49.7 Å². The molecule has 4 nitrogen and oxygen atoms in total. The molecule has 2 aromatic carbocycles. The fourth-order valence-corrected chi connectivity index (χ4v) is 3.35. The van der Waals surface area contributed by atoms with Crippen LogP contribution in [0.25, 0.3) is 0 Å². The molecule has 0 aromatic heterocycles. The van der Waals surface area contributed by atoms with Crippen molar-refractivity contribution in [3.05, 3.63) is 65.2 Å². The fraction of sp³-hybridized carbons (Fsp3) is 0.286. The standard InChI is InChI=1S/C21H20N2O2/c1-13-10-19(13)21(25)22-20-18-9-4-3-6-16(18)12-23(20)17-8-5-7-15(11-17)14(2)24/h3-9,11,13,19H,10,12H2,1-2H3. The first-order valence-corrected chi connectivity index (χ1v) is 8.64. The number of ketones is 1. The lowest BCUT2D eigenvalue weighted by Gasteiger charge is -2.19. The largest absolute Gasteiger partial charge is 0.321 e. The minimum absolute atomic E-state index is 0.0277. The summed E-state index contributed by atoms with van der Waals surface area (Å²) in [5.41, 5.74) is 3.69. The number of hydrogen-bond donors (Lipinski definition) is 0.